The Balaban J connectivity index is 2.46. The number of nitro groups is 1. The van der Waals surface area contributed by atoms with E-state index in [0.717, 1.165) is 0 Å². The lowest BCUT2D eigenvalue weighted by molar-refractivity contribution is -0.572. The molecule has 7 nitrogen and oxygen atoms in total. The summed E-state index contributed by atoms with van der Waals surface area (Å²) in [7, 11) is 0. The van der Waals surface area contributed by atoms with E-state index in [-0.39, 0.29) is 5.92 Å². The fourth-order valence-corrected chi connectivity index (χ4v) is 3.71. The molecule has 3 unspecified atom stereocenters. The molecule has 0 amide bonds. The third-order valence-corrected chi connectivity index (χ3v) is 4.34. The van der Waals surface area contributed by atoms with E-state index in [1.807, 2.05) is 0 Å². The number of carboxylic acid groups (broad SMARTS) is 1. The summed E-state index contributed by atoms with van der Waals surface area (Å²) >= 11 is 0. The zero-order valence-corrected chi connectivity index (χ0v) is 11.8. The van der Waals surface area contributed by atoms with Gasteiger partial charge in [0.05, 0.1) is 0 Å². The molecule has 2 aliphatic carbocycles. The van der Waals surface area contributed by atoms with Crippen molar-refractivity contribution >= 4 is 11.9 Å². The molecular weight excluding hydrogens is 266 g/mol. The highest BCUT2D eigenvalue weighted by molar-refractivity contribution is 5.88. The molecule has 2 bridgehead atoms. The Bertz CT molecular complexity index is 468. The molecule has 4 atom stereocenters. The first-order valence-corrected chi connectivity index (χ1v) is 6.71. The number of hydrogen-bond donors (Lipinski definition) is 1. The third kappa shape index (κ3) is 1.96. The van der Waals surface area contributed by atoms with Crippen molar-refractivity contribution in [3.63, 3.8) is 0 Å². The van der Waals surface area contributed by atoms with Crippen LogP contribution in [-0.4, -0.2) is 33.1 Å². The lowest BCUT2D eigenvalue weighted by Crippen LogP contribution is -2.60. The number of ether oxygens (including phenoxy) is 1. The van der Waals surface area contributed by atoms with Crippen LogP contribution in [0.15, 0.2) is 0 Å². The van der Waals surface area contributed by atoms with E-state index in [4.69, 9.17) is 4.74 Å². The van der Waals surface area contributed by atoms with Crippen molar-refractivity contribution < 1.29 is 24.4 Å². The van der Waals surface area contributed by atoms with Crippen LogP contribution in [0.25, 0.3) is 0 Å². The lowest BCUT2D eigenvalue weighted by Gasteiger charge is -2.34. The summed E-state index contributed by atoms with van der Waals surface area (Å²) in [5.74, 6) is -4.42. The second-order valence-corrected chi connectivity index (χ2v) is 6.67. The second kappa shape index (κ2) is 4.43. The van der Waals surface area contributed by atoms with Crippen molar-refractivity contribution in [1.82, 2.24) is 0 Å². The Morgan fingerprint density at radius 3 is 2.40 bits per heavy atom. The summed E-state index contributed by atoms with van der Waals surface area (Å²) in [5, 5.41) is 21.0. The predicted octanol–water partition coefficient (Wildman–Crippen LogP) is 1.47. The van der Waals surface area contributed by atoms with Crippen LogP contribution in [0.4, 0.5) is 0 Å². The Kier molecular flexibility index (Phi) is 3.26. The van der Waals surface area contributed by atoms with Crippen molar-refractivity contribution in [2.75, 3.05) is 0 Å². The van der Waals surface area contributed by atoms with Gasteiger partial charge in [0.15, 0.2) is 0 Å². The average molecular weight is 285 g/mol. The summed E-state index contributed by atoms with van der Waals surface area (Å²) < 4.78 is 5.18. The molecule has 2 aliphatic rings. The molecule has 0 aromatic rings. The maximum atomic E-state index is 12.4. The Hall–Kier alpha value is -1.66. The monoisotopic (exact) mass is 285 g/mol. The standard InChI is InChI=1S/C13H19NO6/c1-12(2,3)20-11(17)13(14(18)19)8-5-4-7(6-8)9(13)10(15)16/h7-9H,4-6H2,1-3H3,(H,15,16)/t7-,8?,9?,13?/m0/s1. The van der Waals surface area contributed by atoms with Crippen LogP contribution in [0.2, 0.25) is 0 Å². The van der Waals surface area contributed by atoms with E-state index in [1.165, 1.54) is 0 Å². The first-order valence-electron chi connectivity index (χ1n) is 6.71. The molecule has 0 aromatic heterocycles. The number of hydrogen-bond acceptors (Lipinski definition) is 5. The topological polar surface area (TPSA) is 107 Å². The predicted molar refractivity (Wildman–Crippen MR) is 67.5 cm³/mol. The van der Waals surface area contributed by atoms with E-state index in [9.17, 15) is 24.8 Å². The van der Waals surface area contributed by atoms with Crippen LogP contribution in [0, 0.1) is 27.9 Å². The molecule has 0 spiro atoms. The Morgan fingerprint density at radius 1 is 1.35 bits per heavy atom. The van der Waals surface area contributed by atoms with E-state index in [2.05, 4.69) is 0 Å². The largest absolute Gasteiger partial charge is 0.481 e. The minimum absolute atomic E-state index is 0.310. The normalized spacial score (nSPS) is 35.9. The molecule has 2 saturated carbocycles. The van der Waals surface area contributed by atoms with Gasteiger partial charge >= 0.3 is 17.5 Å². The van der Waals surface area contributed by atoms with Gasteiger partial charge in [-0.15, -0.1) is 0 Å². The Labute approximate surface area is 116 Å². The number of rotatable bonds is 3. The maximum absolute atomic E-state index is 12.4. The minimum Gasteiger partial charge on any atom is -0.481 e. The van der Waals surface area contributed by atoms with Gasteiger partial charge in [-0.25, -0.2) is 4.79 Å². The molecule has 2 fully saturated rings. The minimum atomic E-state index is -2.12. The van der Waals surface area contributed by atoms with E-state index >= 15 is 0 Å². The molecule has 2 rings (SSSR count). The number of fused-ring (bicyclic) bond motifs is 2. The summed E-state index contributed by atoms with van der Waals surface area (Å²) in [4.78, 5) is 34.7. The molecular formula is C13H19NO6. The third-order valence-electron chi connectivity index (χ3n) is 4.34. The molecule has 0 aliphatic heterocycles. The smallest absolute Gasteiger partial charge is 0.386 e. The zero-order valence-electron chi connectivity index (χ0n) is 11.8. The van der Waals surface area contributed by atoms with Crippen molar-refractivity contribution in [3.8, 4) is 0 Å². The van der Waals surface area contributed by atoms with Gasteiger partial charge in [0.1, 0.15) is 11.5 Å². The number of carbonyl (C=O) groups is 2. The summed E-state index contributed by atoms with van der Waals surface area (Å²) in [6.07, 6.45) is 1.55. The molecule has 0 saturated heterocycles. The van der Waals surface area contributed by atoms with Crippen LogP contribution in [0.1, 0.15) is 40.0 Å². The number of aliphatic carboxylic acids is 1. The Morgan fingerprint density at radius 2 is 1.95 bits per heavy atom. The number of nitrogens with zero attached hydrogens (tertiary/aromatic N) is 1. The van der Waals surface area contributed by atoms with E-state index in [0.29, 0.717) is 19.3 Å². The van der Waals surface area contributed by atoms with Gasteiger partial charge in [-0.3, -0.25) is 14.9 Å². The van der Waals surface area contributed by atoms with Crippen LogP contribution >= 0.6 is 0 Å². The SMILES string of the molecule is CC(C)(C)OC(=O)C1([N+](=O)[O-])C2CC[C@@H](C2)C1C(=O)O. The second-order valence-electron chi connectivity index (χ2n) is 6.67. The highest BCUT2D eigenvalue weighted by atomic mass is 16.6. The number of carbonyl (C=O) groups excluding carboxylic acids is 1. The molecule has 0 aromatic carbocycles. The summed E-state index contributed by atoms with van der Waals surface area (Å²) in [5.41, 5.74) is -3.01. The quantitative estimate of drug-likeness (QED) is 0.478. The van der Waals surface area contributed by atoms with Crippen LogP contribution < -0.4 is 0 Å². The highest BCUT2D eigenvalue weighted by Crippen LogP contribution is 2.56. The van der Waals surface area contributed by atoms with Crippen molar-refractivity contribution in [2.24, 2.45) is 17.8 Å². The first kappa shape index (κ1) is 14.7. The fraction of sp³-hybridized carbons (Fsp3) is 0.846. The van der Waals surface area contributed by atoms with Crippen molar-refractivity contribution in [1.29, 1.82) is 0 Å². The molecule has 0 radical (unpaired) electrons. The molecule has 0 heterocycles. The van der Waals surface area contributed by atoms with Gasteiger partial charge in [0.2, 0.25) is 0 Å². The van der Waals surface area contributed by atoms with Gasteiger partial charge in [0, 0.05) is 10.8 Å². The van der Waals surface area contributed by atoms with Crippen LogP contribution in [0.3, 0.4) is 0 Å². The maximum Gasteiger partial charge on any atom is 0.386 e. The fourth-order valence-electron chi connectivity index (χ4n) is 3.71. The molecule has 7 heteroatoms. The van der Waals surface area contributed by atoms with Crippen LogP contribution in [0.5, 0.6) is 0 Å². The molecule has 112 valence electrons. The first-order chi connectivity index (χ1) is 9.10. The van der Waals surface area contributed by atoms with Crippen molar-refractivity contribution in [2.45, 2.75) is 51.2 Å². The number of carboxylic acids is 1. The van der Waals surface area contributed by atoms with Gasteiger partial charge in [-0.1, -0.05) is 0 Å². The van der Waals surface area contributed by atoms with Crippen molar-refractivity contribution in [3.05, 3.63) is 10.1 Å². The van der Waals surface area contributed by atoms with Gasteiger partial charge in [0.25, 0.3) is 0 Å². The number of esters is 1. The summed E-state index contributed by atoms with van der Waals surface area (Å²) in [6, 6.07) is 0. The van der Waals surface area contributed by atoms with E-state index < -0.39 is 39.8 Å². The van der Waals surface area contributed by atoms with E-state index in [1.54, 1.807) is 20.8 Å². The summed E-state index contributed by atoms with van der Waals surface area (Å²) in [6.45, 7) is 4.84. The van der Waals surface area contributed by atoms with Gasteiger partial charge in [-0.2, -0.15) is 0 Å². The van der Waals surface area contributed by atoms with Gasteiger partial charge in [-0.05, 0) is 46.0 Å². The zero-order chi connectivity index (χ0) is 15.3. The average Bonchev–Trinajstić information content (AvgIpc) is 2.83. The molecule has 1 N–H and O–H groups in total. The molecule has 20 heavy (non-hydrogen) atoms. The highest BCUT2D eigenvalue weighted by Gasteiger charge is 2.75. The lowest BCUT2D eigenvalue weighted by atomic mass is 9.73. The van der Waals surface area contributed by atoms with Gasteiger partial charge < -0.3 is 9.84 Å². The van der Waals surface area contributed by atoms with Crippen LogP contribution in [-0.2, 0) is 14.3 Å².